The number of carbonyl (C=O) groups excluding carboxylic acids is 1. The Kier molecular flexibility index (Phi) is 4.35. The van der Waals surface area contributed by atoms with Crippen molar-refractivity contribution in [3.05, 3.63) is 71.7 Å². The molecule has 1 amide bonds. The highest BCUT2D eigenvalue weighted by Gasteiger charge is 2.28. The summed E-state index contributed by atoms with van der Waals surface area (Å²) in [5.74, 6) is 1.81. The second kappa shape index (κ2) is 7.15. The van der Waals surface area contributed by atoms with Gasteiger partial charge in [0.1, 0.15) is 18.2 Å². The smallest absolute Gasteiger partial charge is 0.272 e. The molecule has 28 heavy (non-hydrogen) atoms. The zero-order valence-electron chi connectivity index (χ0n) is 15.7. The fourth-order valence-electron chi connectivity index (χ4n) is 4.21. The molecule has 5 nitrogen and oxygen atoms in total. The number of aromatic nitrogens is 2. The Morgan fingerprint density at radius 1 is 1.07 bits per heavy atom. The third kappa shape index (κ3) is 3.07. The van der Waals surface area contributed by atoms with E-state index >= 15 is 0 Å². The van der Waals surface area contributed by atoms with Crippen molar-refractivity contribution in [2.75, 3.05) is 6.61 Å². The Morgan fingerprint density at radius 2 is 1.89 bits per heavy atom. The Balaban J connectivity index is 1.45. The van der Waals surface area contributed by atoms with E-state index in [1.807, 2.05) is 36.4 Å². The number of hydrogen-bond acceptors (Lipinski definition) is 3. The lowest BCUT2D eigenvalue weighted by Gasteiger charge is -2.26. The van der Waals surface area contributed by atoms with Gasteiger partial charge in [0.15, 0.2) is 5.69 Å². The number of fused-ring (bicyclic) bond motifs is 2. The molecule has 0 unspecified atom stereocenters. The number of benzene rings is 2. The van der Waals surface area contributed by atoms with Crippen molar-refractivity contribution in [2.45, 2.75) is 38.3 Å². The van der Waals surface area contributed by atoms with Gasteiger partial charge >= 0.3 is 0 Å². The largest absolute Gasteiger partial charge is 0.491 e. The number of rotatable bonds is 3. The van der Waals surface area contributed by atoms with E-state index in [-0.39, 0.29) is 11.9 Å². The number of hydrogen-bond donors (Lipinski definition) is 1. The molecule has 0 saturated carbocycles. The van der Waals surface area contributed by atoms with Gasteiger partial charge in [0.25, 0.3) is 5.91 Å². The van der Waals surface area contributed by atoms with E-state index in [1.54, 1.807) is 0 Å². The third-order valence-corrected chi connectivity index (χ3v) is 5.56. The highest BCUT2D eigenvalue weighted by molar-refractivity contribution is 5.98. The van der Waals surface area contributed by atoms with Crippen LogP contribution in [0.2, 0.25) is 0 Å². The van der Waals surface area contributed by atoms with Crippen molar-refractivity contribution >= 4 is 5.91 Å². The third-order valence-electron chi connectivity index (χ3n) is 5.56. The number of para-hydroxylation sites is 1. The monoisotopic (exact) mass is 373 g/mol. The van der Waals surface area contributed by atoms with E-state index in [0.717, 1.165) is 60.6 Å². The molecule has 1 N–H and O–H groups in total. The molecular weight excluding hydrogens is 350 g/mol. The first-order valence-corrected chi connectivity index (χ1v) is 9.96. The minimum Gasteiger partial charge on any atom is -0.491 e. The SMILES string of the molecule is O=C(N[C@H]1COc2ccccc2C1)c1nc2n(c1-c1ccccc1)CCCC2. The van der Waals surface area contributed by atoms with Gasteiger partial charge in [-0.2, -0.15) is 0 Å². The highest BCUT2D eigenvalue weighted by Crippen LogP contribution is 2.29. The van der Waals surface area contributed by atoms with Crippen LogP contribution < -0.4 is 10.1 Å². The van der Waals surface area contributed by atoms with Crippen molar-refractivity contribution in [1.82, 2.24) is 14.9 Å². The van der Waals surface area contributed by atoms with Gasteiger partial charge in [-0.25, -0.2) is 4.98 Å². The first-order chi connectivity index (χ1) is 13.8. The van der Waals surface area contributed by atoms with Crippen molar-refractivity contribution in [2.24, 2.45) is 0 Å². The minimum atomic E-state index is -0.117. The maximum absolute atomic E-state index is 13.2. The molecule has 0 spiro atoms. The standard InChI is InChI=1S/C23H23N3O2/c27-23(24-18-14-17-10-4-5-11-19(17)28-15-18)21-22(16-8-2-1-3-9-16)26-13-7-6-12-20(26)25-21/h1-5,8-11,18H,6-7,12-15H2,(H,24,27)/t18-/m1/s1. The maximum Gasteiger partial charge on any atom is 0.272 e. The predicted molar refractivity (Wildman–Crippen MR) is 107 cm³/mol. The Bertz CT molecular complexity index is 1010. The Morgan fingerprint density at radius 3 is 2.79 bits per heavy atom. The molecule has 5 heteroatoms. The Labute approximate surface area is 164 Å². The second-order valence-electron chi connectivity index (χ2n) is 7.49. The van der Waals surface area contributed by atoms with Crippen LogP contribution in [0.15, 0.2) is 54.6 Å². The van der Waals surface area contributed by atoms with Gasteiger partial charge in [0.2, 0.25) is 0 Å². The van der Waals surface area contributed by atoms with Crippen LogP contribution in [0.3, 0.4) is 0 Å². The number of nitrogens with one attached hydrogen (secondary N) is 1. The molecule has 0 fully saturated rings. The summed E-state index contributed by atoms with van der Waals surface area (Å²) in [5.41, 5.74) is 3.64. The van der Waals surface area contributed by atoms with E-state index in [2.05, 4.69) is 28.1 Å². The maximum atomic E-state index is 13.2. The van der Waals surface area contributed by atoms with Crippen molar-refractivity contribution < 1.29 is 9.53 Å². The van der Waals surface area contributed by atoms with E-state index in [4.69, 9.17) is 9.72 Å². The molecule has 142 valence electrons. The van der Waals surface area contributed by atoms with Crippen LogP contribution in [0.5, 0.6) is 5.75 Å². The second-order valence-corrected chi connectivity index (χ2v) is 7.49. The number of amides is 1. The molecule has 1 aromatic heterocycles. The van der Waals surface area contributed by atoms with Gasteiger partial charge in [-0.3, -0.25) is 4.79 Å². The number of carbonyl (C=O) groups is 1. The lowest BCUT2D eigenvalue weighted by Crippen LogP contribution is -2.43. The summed E-state index contributed by atoms with van der Waals surface area (Å²) in [5, 5.41) is 3.16. The van der Waals surface area contributed by atoms with Crippen molar-refractivity contribution in [3.8, 4) is 17.0 Å². The molecule has 0 aliphatic carbocycles. The zero-order valence-corrected chi connectivity index (χ0v) is 15.7. The first-order valence-electron chi connectivity index (χ1n) is 9.96. The van der Waals surface area contributed by atoms with Crippen LogP contribution in [0.4, 0.5) is 0 Å². The molecule has 3 aromatic rings. The molecule has 3 heterocycles. The van der Waals surface area contributed by atoms with Crippen molar-refractivity contribution in [3.63, 3.8) is 0 Å². The van der Waals surface area contributed by atoms with Crippen LogP contribution in [0.25, 0.3) is 11.3 Å². The van der Waals surface area contributed by atoms with E-state index < -0.39 is 0 Å². The molecule has 1 atom stereocenters. The normalized spacial score (nSPS) is 17.9. The summed E-state index contributed by atoms with van der Waals surface area (Å²) in [6.07, 6.45) is 3.94. The van der Waals surface area contributed by atoms with Gasteiger partial charge in [-0.15, -0.1) is 0 Å². The lowest BCUT2D eigenvalue weighted by atomic mass is 10.0. The average Bonchev–Trinajstić information content (AvgIpc) is 3.14. The summed E-state index contributed by atoms with van der Waals surface area (Å²) in [6.45, 7) is 1.40. The molecular formula is C23H23N3O2. The summed E-state index contributed by atoms with van der Waals surface area (Å²) < 4.78 is 8.05. The van der Waals surface area contributed by atoms with Crippen molar-refractivity contribution in [1.29, 1.82) is 0 Å². The first kappa shape index (κ1) is 17.0. The van der Waals surface area contributed by atoms with Gasteiger partial charge in [-0.05, 0) is 30.9 Å². The molecule has 0 bridgehead atoms. The molecule has 2 aliphatic rings. The van der Waals surface area contributed by atoms with Crippen LogP contribution in [0, 0.1) is 0 Å². The molecule has 0 saturated heterocycles. The van der Waals surface area contributed by atoms with Gasteiger partial charge in [0, 0.05) is 18.5 Å². The molecule has 5 rings (SSSR count). The minimum absolute atomic E-state index is 0.0512. The number of imidazole rings is 1. The number of aryl methyl sites for hydroxylation is 1. The summed E-state index contributed by atoms with van der Waals surface area (Å²) in [6, 6.07) is 18.1. The van der Waals surface area contributed by atoms with E-state index in [0.29, 0.717) is 12.3 Å². The van der Waals surface area contributed by atoms with Crippen LogP contribution in [0.1, 0.15) is 34.7 Å². The quantitative estimate of drug-likeness (QED) is 0.763. The number of nitrogens with zero attached hydrogens (tertiary/aromatic N) is 2. The Hall–Kier alpha value is -3.08. The summed E-state index contributed by atoms with van der Waals surface area (Å²) >= 11 is 0. The van der Waals surface area contributed by atoms with Crippen LogP contribution in [-0.4, -0.2) is 28.1 Å². The fourth-order valence-corrected chi connectivity index (χ4v) is 4.21. The van der Waals surface area contributed by atoms with Crippen LogP contribution >= 0.6 is 0 Å². The summed E-state index contributed by atoms with van der Waals surface area (Å²) in [4.78, 5) is 17.9. The topological polar surface area (TPSA) is 56.1 Å². The van der Waals surface area contributed by atoms with E-state index in [9.17, 15) is 4.79 Å². The molecule has 2 aromatic carbocycles. The molecule has 0 radical (unpaired) electrons. The summed E-state index contributed by atoms with van der Waals surface area (Å²) in [7, 11) is 0. The predicted octanol–water partition coefficient (Wildman–Crippen LogP) is 3.62. The average molecular weight is 373 g/mol. The van der Waals surface area contributed by atoms with E-state index in [1.165, 1.54) is 0 Å². The van der Waals surface area contributed by atoms with Gasteiger partial charge in [-0.1, -0.05) is 48.5 Å². The molecule has 2 aliphatic heterocycles. The number of ether oxygens (including phenoxy) is 1. The van der Waals surface area contributed by atoms with Gasteiger partial charge < -0.3 is 14.6 Å². The fraction of sp³-hybridized carbons (Fsp3) is 0.304. The van der Waals surface area contributed by atoms with Gasteiger partial charge in [0.05, 0.1) is 11.7 Å². The highest BCUT2D eigenvalue weighted by atomic mass is 16.5. The van der Waals surface area contributed by atoms with Crippen LogP contribution in [-0.2, 0) is 19.4 Å². The zero-order chi connectivity index (χ0) is 18.9. The lowest BCUT2D eigenvalue weighted by molar-refractivity contribution is 0.0911.